The summed E-state index contributed by atoms with van der Waals surface area (Å²) in [7, 11) is -1.16. The Bertz CT molecular complexity index is 1080. The molecule has 1 aromatic heterocycles. The van der Waals surface area contributed by atoms with Crippen molar-refractivity contribution in [1.29, 1.82) is 0 Å². The van der Waals surface area contributed by atoms with Crippen LogP contribution in [0.3, 0.4) is 0 Å². The summed E-state index contributed by atoms with van der Waals surface area (Å²) in [4.78, 5) is 27.7. The number of halogens is 1. The highest BCUT2D eigenvalue weighted by Gasteiger charge is 2.54. The van der Waals surface area contributed by atoms with E-state index in [1.54, 1.807) is 33.7 Å². The van der Waals surface area contributed by atoms with Gasteiger partial charge in [0.2, 0.25) is 0 Å². The molecule has 1 unspecified atom stereocenters. The van der Waals surface area contributed by atoms with Crippen LogP contribution in [0, 0.1) is 0 Å². The number of nitrogens with zero attached hydrogens (tertiary/aromatic N) is 2. The molecule has 33 heavy (non-hydrogen) atoms. The molecule has 2 heterocycles. The van der Waals surface area contributed by atoms with E-state index in [2.05, 4.69) is 5.32 Å². The second kappa shape index (κ2) is 9.24. The minimum atomic E-state index is -1.16. The largest absolute Gasteiger partial charge is 0.396 e. The van der Waals surface area contributed by atoms with Crippen LogP contribution in [0.5, 0.6) is 0 Å². The first-order chi connectivity index (χ1) is 15.7. The van der Waals surface area contributed by atoms with Crippen LogP contribution < -0.4 is 5.32 Å². The predicted molar refractivity (Wildman–Crippen MR) is 129 cm³/mol. The number of aromatic nitrogens is 1. The summed E-state index contributed by atoms with van der Waals surface area (Å²) >= 11 is 5.90. The molecule has 2 amide bonds. The van der Waals surface area contributed by atoms with Crippen molar-refractivity contribution in [3.63, 3.8) is 0 Å². The Labute approximate surface area is 201 Å². The molecule has 0 radical (unpaired) electrons. The van der Waals surface area contributed by atoms with Gasteiger partial charge < -0.3 is 19.9 Å². The van der Waals surface area contributed by atoms with Crippen molar-refractivity contribution in [2.24, 2.45) is 0 Å². The van der Waals surface area contributed by atoms with Gasteiger partial charge in [-0.2, -0.15) is 0 Å². The van der Waals surface area contributed by atoms with Gasteiger partial charge in [-0.1, -0.05) is 23.7 Å². The molecule has 0 spiro atoms. The molecule has 7 nitrogen and oxygen atoms in total. The van der Waals surface area contributed by atoms with E-state index < -0.39 is 20.3 Å². The molecule has 2 aliphatic rings. The smallest absolute Gasteiger partial charge is 0.270 e. The summed E-state index contributed by atoms with van der Waals surface area (Å²) in [5, 5.41) is 12.9. The van der Waals surface area contributed by atoms with Crippen LogP contribution in [-0.2, 0) is 23.9 Å². The maximum Gasteiger partial charge on any atom is 0.270 e. The summed E-state index contributed by atoms with van der Waals surface area (Å²) in [6.45, 7) is 5.62. The number of aliphatic hydroxyl groups is 1. The van der Waals surface area contributed by atoms with E-state index in [1.807, 2.05) is 26.0 Å². The standard InChI is InChI=1S/C24H30ClN3O4S/c1-23(2,11-14-29)33(32)24(9-10-24)16-27-12-13-28-19(7-8-20(28)22(27)31)21(30)26-15-17-3-5-18(25)6-4-17/h3-8,29H,9-16H2,1-2H3,(H,26,30). The van der Waals surface area contributed by atoms with Gasteiger partial charge >= 0.3 is 0 Å². The van der Waals surface area contributed by atoms with Crippen molar-refractivity contribution < 1.29 is 18.9 Å². The molecule has 0 saturated heterocycles. The van der Waals surface area contributed by atoms with Gasteiger partial charge in [0.25, 0.3) is 11.8 Å². The molecule has 1 fully saturated rings. The van der Waals surface area contributed by atoms with Gasteiger partial charge in [-0.15, -0.1) is 0 Å². The molecule has 0 bridgehead atoms. The zero-order valence-corrected chi connectivity index (χ0v) is 20.5. The summed E-state index contributed by atoms with van der Waals surface area (Å²) in [6, 6.07) is 10.6. The number of hydrogen-bond donors (Lipinski definition) is 2. The fraction of sp³-hybridized carbons (Fsp3) is 0.500. The van der Waals surface area contributed by atoms with E-state index in [0.717, 1.165) is 18.4 Å². The number of carbonyl (C=O) groups is 2. The number of fused-ring (bicyclic) bond motifs is 1. The molecule has 2 N–H and O–H groups in total. The third-order valence-corrected chi connectivity index (χ3v) is 9.36. The molecule has 1 aromatic carbocycles. The first kappa shape index (κ1) is 24.0. The molecule has 1 aliphatic heterocycles. The second-order valence-corrected chi connectivity index (χ2v) is 12.4. The topological polar surface area (TPSA) is 91.6 Å². The number of rotatable bonds is 9. The SMILES string of the molecule is CC(C)(CCO)S(=O)C1(CN2CCn3c(C(=O)NCc4ccc(Cl)cc4)ccc3C2=O)CC1. The summed E-state index contributed by atoms with van der Waals surface area (Å²) < 4.78 is 14.1. The first-order valence-electron chi connectivity index (χ1n) is 11.2. The van der Waals surface area contributed by atoms with Gasteiger partial charge in [0.05, 0.1) is 4.75 Å². The molecule has 1 saturated carbocycles. The van der Waals surface area contributed by atoms with Gasteiger partial charge in [0, 0.05) is 53.4 Å². The lowest BCUT2D eigenvalue weighted by Gasteiger charge is -2.35. The Kier molecular flexibility index (Phi) is 6.71. The number of amides is 2. The van der Waals surface area contributed by atoms with Crippen molar-refractivity contribution in [3.05, 3.63) is 58.4 Å². The van der Waals surface area contributed by atoms with Crippen LogP contribution in [0.4, 0.5) is 0 Å². The van der Waals surface area contributed by atoms with Crippen LogP contribution in [0.25, 0.3) is 0 Å². The van der Waals surface area contributed by atoms with Gasteiger partial charge in [0.1, 0.15) is 11.4 Å². The van der Waals surface area contributed by atoms with Crippen LogP contribution in [0.2, 0.25) is 5.02 Å². The van der Waals surface area contributed by atoms with Crippen LogP contribution in [0.15, 0.2) is 36.4 Å². The third-order valence-electron chi connectivity index (χ3n) is 6.58. The van der Waals surface area contributed by atoms with E-state index >= 15 is 0 Å². The van der Waals surface area contributed by atoms with E-state index in [4.69, 9.17) is 11.6 Å². The summed E-state index contributed by atoms with van der Waals surface area (Å²) in [5.74, 6) is -0.371. The van der Waals surface area contributed by atoms with Crippen molar-refractivity contribution in [3.8, 4) is 0 Å². The lowest BCUT2D eigenvalue weighted by molar-refractivity contribution is 0.0698. The first-order valence-corrected chi connectivity index (χ1v) is 12.7. The third kappa shape index (κ3) is 4.88. The predicted octanol–water partition coefficient (Wildman–Crippen LogP) is 2.97. The summed E-state index contributed by atoms with van der Waals surface area (Å²) in [6.07, 6.45) is 2.10. The van der Waals surface area contributed by atoms with Gasteiger partial charge in [-0.3, -0.25) is 13.8 Å². The fourth-order valence-corrected chi connectivity index (χ4v) is 6.76. The van der Waals surface area contributed by atoms with Crippen LogP contribution >= 0.6 is 11.6 Å². The Morgan fingerprint density at radius 3 is 2.52 bits per heavy atom. The Balaban J connectivity index is 1.42. The quantitative estimate of drug-likeness (QED) is 0.564. The molecule has 178 valence electrons. The highest BCUT2D eigenvalue weighted by molar-refractivity contribution is 7.88. The van der Waals surface area contributed by atoms with Crippen molar-refractivity contribution in [1.82, 2.24) is 14.8 Å². The molecule has 1 aliphatic carbocycles. The minimum absolute atomic E-state index is 0.00611. The summed E-state index contributed by atoms with van der Waals surface area (Å²) in [5.41, 5.74) is 1.88. The molecular weight excluding hydrogens is 462 g/mol. The van der Waals surface area contributed by atoms with Crippen molar-refractivity contribution in [2.75, 3.05) is 19.7 Å². The maximum absolute atomic E-state index is 13.3. The van der Waals surface area contributed by atoms with Crippen molar-refractivity contribution >= 4 is 34.2 Å². The van der Waals surface area contributed by atoms with Crippen molar-refractivity contribution in [2.45, 2.75) is 55.7 Å². The zero-order valence-electron chi connectivity index (χ0n) is 19.0. The Morgan fingerprint density at radius 2 is 1.88 bits per heavy atom. The van der Waals surface area contributed by atoms with E-state index in [1.165, 1.54) is 0 Å². The molecule has 9 heteroatoms. The van der Waals surface area contributed by atoms with E-state index in [9.17, 15) is 18.9 Å². The van der Waals surface area contributed by atoms with Gasteiger partial charge in [-0.25, -0.2) is 0 Å². The van der Waals surface area contributed by atoms with E-state index in [0.29, 0.717) is 49.0 Å². The molecular formula is C24H30ClN3O4S. The number of aliphatic hydroxyl groups excluding tert-OH is 1. The molecule has 4 rings (SSSR count). The Morgan fingerprint density at radius 1 is 1.18 bits per heavy atom. The molecule has 2 aromatic rings. The number of nitrogens with one attached hydrogen (secondary N) is 1. The maximum atomic E-state index is 13.3. The fourth-order valence-electron chi connectivity index (χ4n) is 4.44. The van der Waals surface area contributed by atoms with Gasteiger partial charge in [0.15, 0.2) is 0 Å². The average molecular weight is 492 g/mol. The lowest BCUT2D eigenvalue weighted by atomic mass is 10.1. The number of carbonyl (C=O) groups excluding carboxylic acids is 2. The highest BCUT2D eigenvalue weighted by atomic mass is 35.5. The number of benzene rings is 1. The normalized spacial score (nSPS) is 18.1. The molecule has 1 atom stereocenters. The minimum Gasteiger partial charge on any atom is -0.396 e. The highest BCUT2D eigenvalue weighted by Crippen LogP contribution is 2.47. The number of hydrogen-bond acceptors (Lipinski definition) is 4. The second-order valence-electron chi connectivity index (χ2n) is 9.48. The average Bonchev–Trinajstić information content (AvgIpc) is 3.43. The monoisotopic (exact) mass is 491 g/mol. The lowest BCUT2D eigenvalue weighted by Crippen LogP contribution is -2.49. The Hall–Kier alpha value is -2.16. The van der Waals surface area contributed by atoms with Crippen LogP contribution in [0.1, 0.15) is 59.7 Å². The zero-order chi connectivity index (χ0) is 23.8. The van der Waals surface area contributed by atoms with Crippen LogP contribution in [-0.4, -0.2) is 59.8 Å². The van der Waals surface area contributed by atoms with E-state index in [-0.39, 0.29) is 18.4 Å². The van der Waals surface area contributed by atoms with Gasteiger partial charge in [-0.05, 0) is 62.9 Å².